The number of rotatable bonds is 5. The van der Waals surface area contributed by atoms with Gasteiger partial charge in [0.2, 0.25) is 0 Å². The van der Waals surface area contributed by atoms with Gasteiger partial charge in [0.25, 0.3) is 10.2 Å². The first-order valence-electron chi connectivity index (χ1n) is 6.52. The SMILES string of the molecule is O=C(O)C1CCCN(S(=O)(=O)NCC2(O)CCC2)C1. The summed E-state index contributed by atoms with van der Waals surface area (Å²) < 4.78 is 27.7. The summed E-state index contributed by atoms with van der Waals surface area (Å²) in [5.74, 6) is -1.60. The van der Waals surface area contributed by atoms with Crippen molar-refractivity contribution in [1.82, 2.24) is 9.03 Å². The standard InChI is InChI=1S/C11H20N2O5S/c14-10(15)9-3-1-6-13(7-9)19(17,18)12-8-11(16)4-2-5-11/h9,12,16H,1-8H2,(H,14,15). The molecule has 7 nitrogen and oxygen atoms in total. The van der Waals surface area contributed by atoms with Gasteiger partial charge in [-0.2, -0.15) is 17.4 Å². The second-order valence-electron chi connectivity index (χ2n) is 5.44. The van der Waals surface area contributed by atoms with Crippen LogP contribution in [-0.4, -0.2) is 54.1 Å². The molecule has 0 radical (unpaired) electrons. The zero-order valence-corrected chi connectivity index (χ0v) is 11.5. The largest absolute Gasteiger partial charge is 0.481 e. The van der Waals surface area contributed by atoms with E-state index >= 15 is 0 Å². The highest BCUT2D eigenvalue weighted by molar-refractivity contribution is 7.87. The summed E-state index contributed by atoms with van der Waals surface area (Å²) in [4.78, 5) is 10.9. The van der Waals surface area contributed by atoms with Crippen molar-refractivity contribution >= 4 is 16.2 Å². The molecule has 1 atom stereocenters. The van der Waals surface area contributed by atoms with Gasteiger partial charge < -0.3 is 10.2 Å². The number of aliphatic hydroxyl groups is 1. The molecule has 0 amide bonds. The highest BCUT2D eigenvalue weighted by Gasteiger charge is 2.37. The van der Waals surface area contributed by atoms with E-state index in [4.69, 9.17) is 5.11 Å². The number of hydrogen-bond donors (Lipinski definition) is 3. The second kappa shape index (κ2) is 5.35. The average molecular weight is 292 g/mol. The van der Waals surface area contributed by atoms with Crippen molar-refractivity contribution < 1.29 is 23.4 Å². The van der Waals surface area contributed by atoms with Crippen molar-refractivity contribution in [2.45, 2.75) is 37.7 Å². The molecule has 2 aliphatic rings. The topological polar surface area (TPSA) is 107 Å². The Bertz CT molecular complexity index is 446. The number of hydrogen-bond acceptors (Lipinski definition) is 4. The first-order valence-corrected chi connectivity index (χ1v) is 7.96. The van der Waals surface area contributed by atoms with E-state index in [1.54, 1.807) is 0 Å². The van der Waals surface area contributed by atoms with Gasteiger partial charge in [0.1, 0.15) is 0 Å². The average Bonchev–Trinajstić information content (AvgIpc) is 2.34. The maximum absolute atomic E-state index is 12.1. The van der Waals surface area contributed by atoms with E-state index in [0.717, 1.165) is 10.7 Å². The molecule has 3 N–H and O–H groups in total. The second-order valence-corrected chi connectivity index (χ2v) is 7.19. The fourth-order valence-corrected chi connectivity index (χ4v) is 3.82. The Morgan fingerprint density at radius 3 is 2.58 bits per heavy atom. The lowest BCUT2D eigenvalue weighted by molar-refractivity contribution is -0.142. The number of nitrogens with zero attached hydrogens (tertiary/aromatic N) is 1. The molecular weight excluding hydrogens is 272 g/mol. The highest BCUT2D eigenvalue weighted by Crippen LogP contribution is 2.31. The van der Waals surface area contributed by atoms with Gasteiger partial charge in [-0.05, 0) is 32.1 Å². The van der Waals surface area contributed by atoms with Gasteiger partial charge in [0, 0.05) is 19.6 Å². The minimum atomic E-state index is -3.70. The van der Waals surface area contributed by atoms with Gasteiger partial charge >= 0.3 is 5.97 Å². The molecular formula is C11H20N2O5S. The third kappa shape index (κ3) is 3.44. The molecule has 0 aromatic rings. The van der Waals surface area contributed by atoms with Crippen molar-refractivity contribution in [1.29, 1.82) is 0 Å². The van der Waals surface area contributed by atoms with Crippen LogP contribution in [0.25, 0.3) is 0 Å². The summed E-state index contributed by atoms with van der Waals surface area (Å²) >= 11 is 0. The number of carboxylic acids is 1. The molecule has 1 unspecified atom stereocenters. The Morgan fingerprint density at radius 1 is 1.37 bits per heavy atom. The molecule has 0 bridgehead atoms. The first kappa shape index (κ1) is 14.7. The van der Waals surface area contributed by atoms with Crippen LogP contribution in [0.4, 0.5) is 0 Å². The lowest BCUT2D eigenvalue weighted by Crippen LogP contribution is -2.53. The molecule has 1 saturated heterocycles. The summed E-state index contributed by atoms with van der Waals surface area (Å²) in [7, 11) is -3.70. The first-order chi connectivity index (χ1) is 8.82. The molecule has 1 saturated carbocycles. The summed E-state index contributed by atoms with van der Waals surface area (Å²) in [6, 6.07) is 0. The number of carboxylic acid groups (broad SMARTS) is 1. The molecule has 1 heterocycles. The Kier molecular flexibility index (Phi) is 4.14. The van der Waals surface area contributed by atoms with Crippen LogP contribution in [0.3, 0.4) is 0 Å². The van der Waals surface area contributed by atoms with Crippen LogP contribution in [0.15, 0.2) is 0 Å². The molecule has 2 fully saturated rings. The maximum Gasteiger partial charge on any atom is 0.307 e. The van der Waals surface area contributed by atoms with Crippen LogP contribution in [0.1, 0.15) is 32.1 Å². The lowest BCUT2D eigenvalue weighted by Gasteiger charge is -2.37. The summed E-state index contributed by atoms with van der Waals surface area (Å²) in [5, 5.41) is 18.8. The Balaban J connectivity index is 1.93. The molecule has 0 spiro atoms. The maximum atomic E-state index is 12.1. The minimum Gasteiger partial charge on any atom is -0.481 e. The summed E-state index contributed by atoms with van der Waals surface area (Å²) in [5.41, 5.74) is -0.922. The summed E-state index contributed by atoms with van der Waals surface area (Å²) in [6.45, 7) is 0.338. The molecule has 1 aliphatic carbocycles. The van der Waals surface area contributed by atoms with Gasteiger partial charge in [-0.1, -0.05) is 0 Å². The Hall–Kier alpha value is -0.700. The van der Waals surface area contributed by atoms with Crippen LogP contribution in [0, 0.1) is 5.92 Å². The highest BCUT2D eigenvalue weighted by atomic mass is 32.2. The van der Waals surface area contributed by atoms with Crippen molar-refractivity contribution in [3.8, 4) is 0 Å². The third-order valence-electron chi connectivity index (χ3n) is 3.94. The van der Waals surface area contributed by atoms with Gasteiger partial charge in [-0.15, -0.1) is 0 Å². The molecule has 2 rings (SSSR count). The molecule has 110 valence electrons. The lowest BCUT2D eigenvalue weighted by atomic mass is 9.81. The van der Waals surface area contributed by atoms with Crippen LogP contribution < -0.4 is 4.72 Å². The van der Waals surface area contributed by atoms with Gasteiger partial charge in [0.15, 0.2) is 0 Å². The Morgan fingerprint density at radius 2 is 2.05 bits per heavy atom. The van der Waals surface area contributed by atoms with E-state index in [1.807, 2.05) is 0 Å². The smallest absolute Gasteiger partial charge is 0.307 e. The normalized spacial score (nSPS) is 27.7. The van der Waals surface area contributed by atoms with Crippen molar-refractivity contribution in [2.24, 2.45) is 5.92 Å². The molecule has 0 aromatic carbocycles. The van der Waals surface area contributed by atoms with Crippen molar-refractivity contribution in [3.05, 3.63) is 0 Å². The van der Waals surface area contributed by atoms with E-state index in [9.17, 15) is 18.3 Å². The fourth-order valence-electron chi connectivity index (χ4n) is 2.44. The van der Waals surface area contributed by atoms with E-state index in [0.29, 0.717) is 32.2 Å². The van der Waals surface area contributed by atoms with E-state index < -0.39 is 27.7 Å². The number of nitrogens with one attached hydrogen (secondary N) is 1. The van der Waals surface area contributed by atoms with Crippen LogP contribution in [0.5, 0.6) is 0 Å². The van der Waals surface area contributed by atoms with Gasteiger partial charge in [0.05, 0.1) is 11.5 Å². The van der Waals surface area contributed by atoms with E-state index in [2.05, 4.69) is 4.72 Å². The van der Waals surface area contributed by atoms with Crippen LogP contribution >= 0.6 is 0 Å². The van der Waals surface area contributed by atoms with Crippen molar-refractivity contribution in [3.63, 3.8) is 0 Å². The van der Waals surface area contributed by atoms with Crippen LogP contribution in [0.2, 0.25) is 0 Å². The van der Waals surface area contributed by atoms with Gasteiger partial charge in [-0.25, -0.2) is 0 Å². The molecule has 1 aliphatic heterocycles. The number of aliphatic carboxylic acids is 1. The molecule has 8 heteroatoms. The monoisotopic (exact) mass is 292 g/mol. The minimum absolute atomic E-state index is 0.00307. The fraction of sp³-hybridized carbons (Fsp3) is 0.909. The number of piperidine rings is 1. The Labute approximate surface area is 112 Å². The van der Waals surface area contributed by atoms with Crippen molar-refractivity contribution in [2.75, 3.05) is 19.6 Å². The molecule has 0 aromatic heterocycles. The predicted octanol–water partition coefficient (Wildman–Crippen LogP) is -0.468. The van der Waals surface area contributed by atoms with E-state index in [-0.39, 0.29) is 13.1 Å². The predicted molar refractivity (Wildman–Crippen MR) is 67.7 cm³/mol. The van der Waals surface area contributed by atoms with E-state index in [1.165, 1.54) is 0 Å². The number of carbonyl (C=O) groups is 1. The van der Waals surface area contributed by atoms with Crippen LogP contribution in [-0.2, 0) is 15.0 Å². The zero-order chi connectivity index (χ0) is 14.1. The third-order valence-corrected chi connectivity index (χ3v) is 5.46. The quantitative estimate of drug-likeness (QED) is 0.635. The summed E-state index contributed by atoms with van der Waals surface area (Å²) in [6.07, 6.45) is 3.16. The molecule has 19 heavy (non-hydrogen) atoms. The zero-order valence-electron chi connectivity index (χ0n) is 10.7. The van der Waals surface area contributed by atoms with Gasteiger partial charge in [-0.3, -0.25) is 4.79 Å².